The molecule has 1 saturated heterocycles. The lowest BCUT2D eigenvalue weighted by molar-refractivity contribution is -0.144. The van der Waals surface area contributed by atoms with Crippen LogP contribution in [0.3, 0.4) is 0 Å². The van der Waals surface area contributed by atoms with E-state index in [0.717, 1.165) is 76.3 Å². The maximum atomic E-state index is 12.8. The lowest BCUT2D eigenvalue weighted by Crippen LogP contribution is -2.36. The van der Waals surface area contributed by atoms with Crippen molar-refractivity contribution in [1.82, 2.24) is 39.8 Å². The first kappa shape index (κ1) is 57.4. The molecule has 1 aliphatic rings. The van der Waals surface area contributed by atoms with Gasteiger partial charge in [-0.1, -0.05) is 144 Å². The van der Waals surface area contributed by atoms with Gasteiger partial charge in [-0.05, 0) is 103 Å². The molecule has 0 aliphatic carbocycles. The Hall–Kier alpha value is -3.90. The van der Waals surface area contributed by atoms with E-state index >= 15 is 0 Å². The Morgan fingerprint density at radius 3 is 1.36 bits per heavy atom. The number of likely N-dealkylation sites (tertiary alicyclic amines) is 1. The average molecular weight is 931 g/mol. The smallest absolute Gasteiger partial charge is 0.307 e. The Morgan fingerprint density at radius 2 is 0.925 bits per heavy atom. The quantitative estimate of drug-likeness (QED) is 0.0361. The molecule has 3 heterocycles. The number of aryl methyl sites for hydroxylation is 2. The van der Waals surface area contributed by atoms with Crippen molar-refractivity contribution in [2.45, 2.75) is 213 Å². The van der Waals surface area contributed by atoms with E-state index in [1.54, 1.807) is 0 Å². The first-order valence-corrected chi connectivity index (χ1v) is 27.2. The zero-order valence-electron chi connectivity index (χ0n) is 42.6. The maximum Gasteiger partial charge on any atom is 0.307 e. The van der Waals surface area contributed by atoms with Crippen molar-refractivity contribution in [3.8, 4) is 0 Å². The summed E-state index contributed by atoms with van der Waals surface area (Å²) in [5, 5.41) is 17.2. The Bertz CT molecular complexity index is 1610. The summed E-state index contributed by atoms with van der Waals surface area (Å²) >= 11 is 0. The van der Waals surface area contributed by atoms with Gasteiger partial charge in [0.15, 0.2) is 0 Å². The summed E-state index contributed by atoms with van der Waals surface area (Å²) in [6.45, 7) is 11.8. The lowest BCUT2D eigenvalue weighted by Gasteiger charge is -2.24. The zero-order valence-corrected chi connectivity index (χ0v) is 42.6. The number of allylic oxidation sites excluding steroid dienone is 8. The number of hydrogen-bond acceptors (Lipinski definition) is 10. The number of carbonyl (C=O) groups excluding carboxylic acids is 2. The summed E-state index contributed by atoms with van der Waals surface area (Å²) in [7, 11) is 0. The molecule has 1 aliphatic heterocycles. The molecule has 0 aromatic carbocycles. The molecular formula is C55H94N8O4. The molecule has 0 atom stereocenters. The molecule has 2 aromatic rings. The van der Waals surface area contributed by atoms with E-state index in [-0.39, 0.29) is 38.0 Å². The number of esters is 2. The van der Waals surface area contributed by atoms with E-state index in [1.807, 2.05) is 21.8 Å². The number of unbranched alkanes of at least 4 members (excludes halogenated alkanes) is 17. The van der Waals surface area contributed by atoms with E-state index in [0.29, 0.717) is 25.9 Å². The number of ether oxygens (including phenoxy) is 2. The second kappa shape index (κ2) is 41.1. The van der Waals surface area contributed by atoms with Crippen LogP contribution in [0, 0.1) is 0 Å². The third kappa shape index (κ3) is 32.5. The second-order valence-electron chi connectivity index (χ2n) is 18.6. The standard InChI is InChI=1S/C55H94N8O4/c1-3-5-7-9-11-13-15-17-19-21-23-25-27-29-31-33-43-63-51-53(57-59-63)39-49-67-55(65)37-45-61(47-46-60-40-34-35-41-60)44-36-54(64)66-48-38-52-50-62(58-56-52)42-32-30-28-26-24-22-20-18-16-14-12-10-8-6-4-2/h11-14,17-20,50-51H,3-10,15-16,21-49H2,1-2H3/b13-11-,14-12-,19-17-,20-18-. The maximum absolute atomic E-state index is 12.8. The van der Waals surface area contributed by atoms with E-state index in [4.69, 9.17) is 9.47 Å². The van der Waals surface area contributed by atoms with Crippen LogP contribution in [-0.2, 0) is 45.0 Å². The van der Waals surface area contributed by atoms with Gasteiger partial charge in [-0.3, -0.25) is 19.0 Å². The molecule has 0 saturated carbocycles. The van der Waals surface area contributed by atoms with E-state index < -0.39 is 0 Å². The van der Waals surface area contributed by atoms with Gasteiger partial charge in [0.1, 0.15) is 0 Å². The van der Waals surface area contributed by atoms with Gasteiger partial charge in [0.05, 0.1) is 37.4 Å². The molecule has 12 nitrogen and oxygen atoms in total. The van der Waals surface area contributed by atoms with Crippen LogP contribution in [-0.4, -0.2) is 104 Å². The minimum atomic E-state index is -0.231. The minimum Gasteiger partial charge on any atom is -0.465 e. The number of carbonyl (C=O) groups is 2. The fraction of sp³-hybridized carbons (Fsp3) is 0.745. The van der Waals surface area contributed by atoms with E-state index in [9.17, 15) is 9.59 Å². The highest BCUT2D eigenvalue weighted by atomic mass is 16.5. The summed E-state index contributed by atoms with van der Waals surface area (Å²) in [5.41, 5.74) is 1.68. The molecule has 3 rings (SSSR count). The topological polar surface area (TPSA) is 120 Å². The van der Waals surface area contributed by atoms with Crippen LogP contribution in [0.15, 0.2) is 61.0 Å². The van der Waals surface area contributed by atoms with E-state index in [1.165, 1.54) is 135 Å². The molecule has 0 spiro atoms. The Kier molecular flexibility index (Phi) is 35.2. The molecule has 378 valence electrons. The second-order valence-corrected chi connectivity index (χ2v) is 18.6. The van der Waals surface area contributed by atoms with Crippen molar-refractivity contribution in [2.75, 3.05) is 52.5 Å². The fourth-order valence-electron chi connectivity index (χ4n) is 8.28. The molecule has 0 N–H and O–H groups in total. The van der Waals surface area contributed by atoms with Crippen LogP contribution in [0.4, 0.5) is 0 Å². The van der Waals surface area contributed by atoms with Gasteiger partial charge in [-0.25, -0.2) is 0 Å². The predicted molar refractivity (Wildman–Crippen MR) is 275 cm³/mol. The number of hydrogen-bond donors (Lipinski definition) is 0. The SMILES string of the molecule is CCCCC/C=C\C/C=C\CCCCCCCCn1cc(CCOC(=O)CCN(CCC(=O)OCCc2cn(CCCCCCC/C=C\C/C=C\CCCCC)nn2)CCN2CCCC2)nn1. The Balaban J connectivity index is 1.19. The van der Waals surface area contributed by atoms with E-state index in [2.05, 4.69) is 92.9 Å². The Morgan fingerprint density at radius 1 is 0.522 bits per heavy atom. The molecule has 67 heavy (non-hydrogen) atoms. The highest BCUT2D eigenvalue weighted by molar-refractivity contribution is 5.70. The van der Waals surface area contributed by atoms with Gasteiger partial charge >= 0.3 is 11.9 Å². The molecule has 2 aromatic heterocycles. The van der Waals surface area contributed by atoms with Gasteiger partial charge < -0.3 is 19.3 Å². The third-order valence-corrected chi connectivity index (χ3v) is 12.5. The average Bonchev–Trinajstić information content (AvgIpc) is 4.14. The van der Waals surface area contributed by atoms with Gasteiger partial charge in [-0.2, -0.15) is 0 Å². The monoisotopic (exact) mass is 931 g/mol. The number of nitrogens with zero attached hydrogens (tertiary/aromatic N) is 8. The highest BCUT2D eigenvalue weighted by Crippen LogP contribution is 2.12. The lowest BCUT2D eigenvalue weighted by atomic mass is 10.1. The molecule has 1 fully saturated rings. The van der Waals surface area contributed by atoms with Crippen LogP contribution < -0.4 is 0 Å². The fourth-order valence-corrected chi connectivity index (χ4v) is 8.28. The van der Waals surface area contributed by atoms with Crippen LogP contribution >= 0.6 is 0 Å². The van der Waals surface area contributed by atoms with Gasteiger partial charge in [-0.15, -0.1) is 10.2 Å². The van der Waals surface area contributed by atoms with Crippen molar-refractivity contribution in [3.63, 3.8) is 0 Å². The van der Waals surface area contributed by atoms with Crippen molar-refractivity contribution < 1.29 is 19.1 Å². The van der Waals surface area contributed by atoms with Crippen LogP contribution in [0.1, 0.15) is 199 Å². The van der Waals surface area contributed by atoms with Crippen LogP contribution in [0.2, 0.25) is 0 Å². The zero-order chi connectivity index (χ0) is 47.5. The van der Waals surface area contributed by atoms with Crippen molar-refractivity contribution >= 4 is 11.9 Å². The summed E-state index contributed by atoms with van der Waals surface area (Å²) < 4.78 is 15.0. The first-order chi connectivity index (χ1) is 33.1. The molecule has 0 radical (unpaired) electrons. The number of rotatable bonds is 44. The molecule has 12 heteroatoms. The molecular weight excluding hydrogens is 837 g/mol. The van der Waals surface area contributed by atoms with Gasteiger partial charge in [0.25, 0.3) is 0 Å². The van der Waals surface area contributed by atoms with Gasteiger partial charge in [0.2, 0.25) is 0 Å². The number of aromatic nitrogens is 6. The summed E-state index contributed by atoms with van der Waals surface area (Å²) in [6, 6.07) is 0. The molecule has 0 unspecified atom stereocenters. The summed E-state index contributed by atoms with van der Waals surface area (Å²) in [5.74, 6) is -0.462. The minimum absolute atomic E-state index is 0.231. The van der Waals surface area contributed by atoms with Crippen molar-refractivity contribution in [1.29, 1.82) is 0 Å². The van der Waals surface area contributed by atoms with Crippen molar-refractivity contribution in [3.05, 3.63) is 72.4 Å². The first-order valence-electron chi connectivity index (χ1n) is 27.2. The summed E-state index contributed by atoms with van der Waals surface area (Å²) in [6.07, 6.45) is 54.7. The highest BCUT2D eigenvalue weighted by Gasteiger charge is 2.17. The van der Waals surface area contributed by atoms with Gasteiger partial charge in [0, 0.05) is 64.5 Å². The normalized spacial score (nSPS) is 13.5. The van der Waals surface area contributed by atoms with Crippen molar-refractivity contribution in [2.24, 2.45) is 0 Å². The van der Waals surface area contributed by atoms with Crippen LogP contribution in [0.5, 0.6) is 0 Å². The third-order valence-electron chi connectivity index (χ3n) is 12.5. The van der Waals surface area contributed by atoms with Crippen LogP contribution in [0.25, 0.3) is 0 Å². The molecule has 0 amide bonds. The Labute approximate surface area is 407 Å². The molecule has 0 bridgehead atoms. The summed E-state index contributed by atoms with van der Waals surface area (Å²) in [4.78, 5) is 30.2. The predicted octanol–water partition coefficient (Wildman–Crippen LogP) is 12.2. The largest absolute Gasteiger partial charge is 0.465 e.